The molecule has 0 spiro atoms. The number of aromatic nitrogens is 1. The van der Waals surface area contributed by atoms with Crippen molar-refractivity contribution in [2.75, 3.05) is 13.1 Å². The van der Waals surface area contributed by atoms with Gasteiger partial charge in [0.2, 0.25) is 15.9 Å². The van der Waals surface area contributed by atoms with Gasteiger partial charge in [-0.05, 0) is 30.3 Å². The van der Waals surface area contributed by atoms with Gasteiger partial charge < -0.3 is 4.74 Å². The topological polar surface area (TPSA) is 59.5 Å². The van der Waals surface area contributed by atoms with Gasteiger partial charge in [-0.15, -0.1) is 0 Å². The molecule has 1 aliphatic heterocycles. The fourth-order valence-electron chi connectivity index (χ4n) is 2.27. The second kappa shape index (κ2) is 6.47. The van der Waals surface area contributed by atoms with Gasteiger partial charge in [0, 0.05) is 6.20 Å². The second-order valence-electron chi connectivity index (χ2n) is 5.38. The molecule has 1 fully saturated rings. The van der Waals surface area contributed by atoms with E-state index in [-0.39, 0.29) is 19.0 Å². The first-order chi connectivity index (χ1) is 11.7. The lowest BCUT2D eigenvalue weighted by Crippen LogP contribution is -2.56. The van der Waals surface area contributed by atoms with E-state index in [4.69, 9.17) is 16.3 Å². The molecule has 2 heterocycles. The molecule has 10 heteroatoms. The van der Waals surface area contributed by atoms with Gasteiger partial charge in [-0.2, -0.15) is 17.5 Å². The van der Waals surface area contributed by atoms with Crippen LogP contribution in [0.3, 0.4) is 0 Å². The maximum atomic E-state index is 12.7. The van der Waals surface area contributed by atoms with Crippen molar-refractivity contribution >= 4 is 21.6 Å². The van der Waals surface area contributed by atoms with Gasteiger partial charge >= 0.3 is 6.18 Å². The summed E-state index contributed by atoms with van der Waals surface area (Å²) in [6.07, 6.45) is -3.59. The Hall–Kier alpha value is -1.84. The molecule has 1 saturated heterocycles. The zero-order valence-electron chi connectivity index (χ0n) is 12.6. The molecular formula is C15H12ClF3N2O3S. The number of rotatable bonds is 4. The molecule has 1 aromatic heterocycles. The Morgan fingerprint density at radius 2 is 1.92 bits per heavy atom. The highest BCUT2D eigenvalue weighted by atomic mass is 35.5. The van der Waals surface area contributed by atoms with Crippen LogP contribution >= 0.6 is 11.6 Å². The quantitative estimate of drug-likeness (QED) is 0.801. The third-order valence-corrected chi connectivity index (χ3v) is 5.73. The van der Waals surface area contributed by atoms with Crippen molar-refractivity contribution in [3.05, 3.63) is 53.2 Å². The zero-order valence-corrected chi connectivity index (χ0v) is 14.1. The van der Waals surface area contributed by atoms with Crippen molar-refractivity contribution in [2.45, 2.75) is 17.2 Å². The van der Waals surface area contributed by atoms with Crippen LogP contribution in [0.25, 0.3) is 0 Å². The molecule has 0 amide bonds. The third kappa shape index (κ3) is 3.73. The lowest BCUT2D eigenvalue weighted by atomic mass is 10.2. The minimum atomic E-state index is -4.61. The summed E-state index contributed by atoms with van der Waals surface area (Å²) < 4.78 is 69.6. The molecule has 0 radical (unpaired) electrons. The smallest absolute Gasteiger partial charge is 0.416 e. The minimum Gasteiger partial charge on any atom is -0.470 e. The van der Waals surface area contributed by atoms with Gasteiger partial charge in [-0.25, -0.2) is 13.4 Å². The van der Waals surface area contributed by atoms with Crippen LogP contribution in [0.15, 0.2) is 47.5 Å². The Balaban J connectivity index is 1.70. The molecule has 0 N–H and O–H groups in total. The normalized spacial score (nSPS) is 16.5. The number of nitrogens with zero attached hydrogens (tertiary/aromatic N) is 2. The molecule has 2 aromatic rings. The molecule has 0 unspecified atom stereocenters. The molecule has 0 bridgehead atoms. The number of hydrogen-bond acceptors (Lipinski definition) is 4. The molecule has 3 rings (SSSR count). The van der Waals surface area contributed by atoms with Crippen molar-refractivity contribution in [2.24, 2.45) is 0 Å². The Labute approximate surface area is 147 Å². The van der Waals surface area contributed by atoms with Crippen molar-refractivity contribution < 1.29 is 26.3 Å². The van der Waals surface area contributed by atoms with Crippen molar-refractivity contribution in [1.29, 1.82) is 0 Å². The van der Waals surface area contributed by atoms with Crippen LogP contribution < -0.4 is 4.74 Å². The first-order valence-corrected chi connectivity index (χ1v) is 8.94. The number of ether oxygens (including phenoxy) is 1. The first kappa shape index (κ1) is 18.0. The molecule has 0 atom stereocenters. The van der Waals surface area contributed by atoms with Crippen LogP contribution in [-0.4, -0.2) is 36.9 Å². The van der Waals surface area contributed by atoms with Crippen LogP contribution in [0.2, 0.25) is 5.02 Å². The Kier molecular flexibility index (Phi) is 4.65. The maximum Gasteiger partial charge on any atom is 0.416 e. The summed E-state index contributed by atoms with van der Waals surface area (Å²) in [5, 5.41) is 0.293. The SMILES string of the molecule is O=S(=O)(c1cccc(C(F)(F)F)c1)N1CC(Oc2ncccc2Cl)C1. The maximum absolute atomic E-state index is 12.7. The molecule has 5 nitrogen and oxygen atoms in total. The highest BCUT2D eigenvalue weighted by molar-refractivity contribution is 7.89. The van der Waals surface area contributed by atoms with Crippen LogP contribution in [0, 0.1) is 0 Å². The van der Waals surface area contributed by atoms with E-state index in [0.717, 1.165) is 22.5 Å². The van der Waals surface area contributed by atoms with E-state index in [1.165, 1.54) is 6.20 Å². The van der Waals surface area contributed by atoms with Gasteiger partial charge in [-0.1, -0.05) is 17.7 Å². The summed E-state index contributed by atoms with van der Waals surface area (Å²) in [5.41, 5.74) is -1.01. The molecule has 1 aliphatic rings. The predicted octanol–water partition coefficient (Wildman–Crippen LogP) is 3.21. The van der Waals surface area contributed by atoms with E-state index in [2.05, 4.69) is 4.98 Å². The molecule has 1 aromatic carbocycles. The number of halogens is 4. The van der Waals surface area contributed by atoms with E-state index >= 15 is 0 Å². The second-order valence-corrected chi connectivity index (χ2v) is 7.72. The highest BCUT2D eigenvalue weighted by Gasteiger charge is 2.39. The number of pyridine rings is 1. The average molecular weight is 393 g/mol. The third-order valence-electron chi connectivity index (χ3n) is 3.62. The standard InChI is InChI=1S/C15H12ClF3N2O3S/c16-13-5-2-6-20-14(13)24-11-8-21(9-11)25(22,23)12-4-1-3-10(7-12)15(17,18)19/h1-7,11H,8-9H2. The van der Waals surface area contributed by atoms with E-state index in [0.29, 0.717) is 11.1 Å². The van der Waals surface area contributed by atoms with Gasteiger partial charge in [0.05, 0.1) is 23.5 Å². The van der Waals surface area contributed by atoms with Gasteiger partial charge in [0.1, 0.15) is 11.1 Å². The van der Waals surface area contributed by atoms with Gasteiger partial charge in [0.25, 0.3) is 0 Å². The lowest BCUT2D eigenvalue weighted by molar-refractivity contribution is -0.137. The Bertz CT molecular complexity index is 884. The fourth-order valence-corrected chi connectivity index (χ4v) is 3.98. The summed E-state index contributed by atoms with van der Waals surface area (Å²) in [6.45, 7) is 0.0109. The van der Waals surface area contributed by atoms with Gasteiger partial charge in [0.15, 0.2) is 0 Å². The van der Waals surface area contributed by atoms with E-state index in [1.54, 1.807) is 12.1 Å². The minimum absolute atomic E-state index is 0.00544. The van der Waals surface area contributed by atoms with Crippen molar-refractivity contribution in [1.82, 2.24) is 9.29 Å². The van der Waals surface area contributed by atoms with Crippen molar-refractivity contribution in [3.8, 4) is 5.88 Å². The summed E-state index contributed by atoms with van der Waals surface area (Å²) in [6, 6.07) is 6.86. The monoisotopic (exact) mass is 392 g/mol. The van der Waals surface area contributed by atoms with Crippen LogP contribution in [0.4, 0.5) is 13.2 Å². The molecule has 0 saturated carbocycles. The summed E-state index contributed by atoms with van der Waals surface area (Å²) in [5.74, 6) is 0.185. The first-order valence-electron chi connectivity index (χ1n) is 7.12. The molecule has 0 aliphatic carbocycles. The number of benzene rings is 1. The van der Waals surface area contributed by atoms with E-state index in [9.17, 15) is 21.6 Å². The summed E-state index contributed by atoms with van der Waals surface area (Å²) in [7, 11) is -4.02. The highest BCUT2D eigenvalue weighted by Crippen LogP contribution is 2.32. The average Bonchev–Trinajstić information content (AvgIpc) is 2.51. The van der Waals surface area contributed by atoms with Crippen LogP contribution in [0.1, 0.15) is 5.56 Å². The van der Waals surface area contributed by atoms with Gasteiger partial charge in [-0.3, -0.25) is 0 Å². The zero-order chi connectivity index (χ0) is 18.2. The van der Waals surface area contributed by atoms with E-state index in [1.807, 2.05) is 0 Å². The lowest BCUT2D eigenvalue weighted by Gasteiger charge is -2.37. The number of hydrogen-bond donors (Lipinski definition) is 0. The Morgan fingerprint density at radius 1 is 1.20 bits per heavy atom. The molecular weight excluding hydrogens is 381 g/mol. The summed E-state index contributed by atoms with van der Waals surface area (Å²) in [4.78, 5) is 3.53. The number of alkyl halides is 3. The summed E-state index contributed by atoms with van der Waals surface area (Å²) >= 11 is 5.91. The number of sulfonamides is 1. The molecule has 25 heavy (non-hydrogen) atoms. The predicted molar refractivity (Wildman–Crippen MR) is 83.9 cm³/mol. The van der Waals surface area contributed by atoms with E-state index < -0.39 is 32.8 Å². The Morgan fingerprint density at radius 3 is 2.56 bits per heavy atom. The fraction of sp³-hybridized carbons (Fsp3) is 0.267. The largest absolute Gasteiger partial charge is 0.470 e. The van der Waals surface area contributed by atoms with Crippen molar-refractivity contribution in [3.63, 3.8) is 0 Å². The molecule has 134 valence electrons. The van der Waals surface area contributed by atoms with Crippen LogP contribution in [-0.2, 0) is 16.2 Å². The van der Waals surface area contributed by atoms with Crippen LogP contribution in [0.5, 0.6) is 5.88 Å².